The van der Waals surface area contributed by atoms with E-state index in [1.54, 1.807) is 30.7 Å². The van der Waals surface area contributed by atoms with Crippen LogP contribution >= 0.6 is 0 Å². The van der Waals surface area contributed by atoms with Crippen molar-refractivity contribution in [3.8, 4) is 11.5 Å². The van der Waals surface area contributed by atoms with Crippen LogP contribution in [0.15, 0.2) is 47.3 Å². The molecular weight excluding hydrogens is 356 g/mol. The Morgan fingerprint density at radius 2 is 1.68 bits per heavy atom. The van der Waals surface area contributed by atoms with Crippen LogP contribution in [-0.4, -0.2) is 36.1 Å². The first kappa shape index (κ1) is 18.1. The van der Waals surface area contributed by atoms with Gasteiger partial charge in [-0.3, -0.25) is 9.59 Å². The van der Waals surface area contributed by atoms with Crippen LogP contribution in [0.4, 0.5) is 0 Å². The van der Waals surface area contributed by atoms with Crippen LogP contribution in [0.2, 0.25) is 0 Å². The van der Waals surface area contributed by atoms with Gasteiger partial charge in [0.1, 0.15) is 0 Å². The Labute approximate surface area is 162 Å². The third-order valence-electron chi connectivity index (χ3n) is 5.39. The highest BCUT2D eigenvalue weighted by molar-refractivity contribution is 6.06. The molecule has 0 atom stereocenters. The summed E-state index contributed by atoms with van der Waals surface area (Å²) in [6.45, 7) is 1.06. The molecule has 0 radical (unpaired) electrons. The monoisotopic (exact) mass is 378 g/mol. The van der Waals surface area contributed by atoms with Gasteiger partial charge in [-0.05, 0) is 35.7 Å². The fraction of sp³-hybridized carbons (Fsp3) is 0.273. The number of carbonyl (C=O) groups is 1. The van der Waals surface area contributed by atoms with Crippen molar-refractivity contribution >= 4 is 16.8 Å². The Balaban J connectivity index is 1.73. The summed E-state index contributed by atoms with van der Waals surface area (Å²) in [4.78, 5) is 27.4. The van der Waals surface area contributed by atoms with Crippen molar-refractivity contribution in [2.45, 2.75) is 13.0 Å². The topological polar surface area (TPSA) is 60.8 Å². The minimum atomic E-state index is -0.189. The lowest BCUT2D eigenvalue weighted by molar-refractivity contribution is 0.0736. The van der Waals surface area contributed by atoms with E-state index in [9.17, 15) is 9.59 Å². The Morgan fingerprint density at radius 1 is 1.00 bits per heavy atom. The number of benzene rings is 2. The van der Waals surface area contributed by atoms with Crippen molar-refractivity contribution in [2.75, 3.05) is 20.8 Å². The van der Waals surface area contributed by atoms with Gasteiger partial charge in [0.25, 0.3) is 11.5 Å². The second kappa shape index (κ2) is 7.03. The smallest absolute Gasteiger partial charge is 0.255 e. The van der Waals surface area contributed by atoms with Crippen molar-refractivity contribution in [2.24, 2.45) is 7.05 Å². The number of nitrogens with zero attached hydrogens (tertiary/aromatic N) is 2. The van der Waals surface area contributed by atoms with E-state index in [2.05, 4.69) is 0 Å². The zero-order chi connectivity index (χ0) is 19.8. The second-order valence-corrected chi connectivity index (χ2v) is 6.93. The summed E-state index contributed by atoms with van der Waals surface area (Å²) >= 11 is 0. The number of rotatable bonds is 3. The Kier molecular flexibility index (Phi) is 4.55. The summed E-state index contributed by atoms with van der Waals surface area (Å²) in [7, 11) is 4.93. The highest BCUT2D eigenvalue weighted by atomic mass is 16.5. The van der Waals surface area contributed by atoms with Gasteiger partial charge in [0.05, 0.1) is 25.3 Å². The molecule has 0 bridgehead atoms. The number of amides is 1. The van der Waals surface area contributed by atoms with Gasteiger partial charge >= 0.3 is 0 Å². The highest BCUT2D eigenvalue weighted by Crippen LogP contribution is 2.33. The van der Waals surface area contributed by atoms with E-state index in [-0.39, 0.29) is 11.5 Å². The molecule has 3 aromatic rings. The van der Waals surface area contributed by atoms with E-state index in [1.807, 2.05) is 36.4 Å². The molecule has 0 fully saturated rings. The lowest BCUT2D eigenvalue weighted by Crippen LogP contribution is -2.37. The van der Waals surface area contributed by atoms with Gasteiger partial charge in [0.15, 0.2) is 11.5 Å². The summed E-state index contributed by atoms with van der Waals surface area (Å²) < 4.78 is 12.3. The average Bonchev–Trinajstić information content (AvgIpc) is 2.74. The third-order valence-corrected chi connectivity index (χ3v) is 5.39. The molecule has 0 spiro atoms. The standard InChI is InChI=1S/C22H22N2O4/c1-23-18-7-5-4-6-16(18)17(12-21(23)25)22(26)24-9-8-14-10-19(27-2)20(28-3)11-15(14)13-24/h4-7,10-12H,8-9,13H2,1-3H3. The van der Waals surface area contributed by atoms with E-state index in [0.717, 1.165) is 28.5 Å². The van der Waals surface area contributed by atoms with Crippen LogP contribution in [0, 0.1) is 0 Å². The average molecular weight is 378 g/mol. The number of aryl methyl sites for hydroxylation is 1. The van der Waals surface area contributed by atoms with Crippen LogP contribution < -0.4 is 15.0 Å². The van der Waals surface area contributed by atoms with Crippen molar-refractivity contribution < 1.29 is 14.3 Å². The van der Waals surface area contributed by atoms with E-state index < -0.39 is 0 Å². The number of hydrogen-bond acceptors (Lipinski definition) is 4. The first-order chi connectivity index (χ1) is 13.5. The molecule has 2 aromatic carbocycles. The zero-order valence-corrected chi connectivity index (χ0v) is 16.2. The van der Waals surface area contributed by atoms with Gasteiger partial charge in [-0.25, -0.2) is 0 Å². The van der Waals surface area contributed by atoms with Gasteiger partial charge in [0, 0.05) is 31.6 Å². The van der Waals surface area contributed by atoms with E-state index in [1.165, 1.54) is 6.07 Å². The Morgan fingerprint density at radius 3 is 2.39 bits per heavy atom. The predicted octanol–water partition coefficient (Wildman–Crippen LogP) is 2.75. The molecule has 0 unspecified atom stereocenters. The summed E-state index contributed by atoms with van der Waals surface area (Å²) in [6.07, 6.45) is 0.726. The number of methoxy groups -OCH3 is 2. The molecule has 6 heteroatoms. The minimum absolute atomic E-state index is 0.130. The summed E-state index contributed by atoms with van der Waals surface area (Å²) in [6, 6.07) is 12.8. The Hall–Kier alpha value is -3.28. The molecule has 2 heterocycles. The van der Waals surface area contributed by atoms with Gasteiger partial charge in [-0.15, -0.1) is 0 Å². The Bertz CT molecular complexity index is 1130. The second-order valence-electron chi connectivity index (χ2n) is 6.93. The zero-order valence-electron chi connectivity index (χ0n) is 16.2. The maximum atomic E-state index is 13.3. The van der Waals surface area contributed by atoms with Crippen molar-refractivity contribution in [1.82, 2.24) is 9.47 Å². The first-order valence-electron chi connectivity index (χ1n) is 9.15. The summed E-state index contributed by atoms with van der Waals surface area (Å²) in [5.41, 5.74) is 3.19. The van der Waals surface area contributed by atoms with Crippen molar-refractivity contribution in [3.05, 3.63) is 69.5 Å². The molecule has 4 rings (SSSR count). The molecule has 1 aliphatic heterocycles. The number of para-hydroxylation sites is 1. The van der Waals surface area contributed by atoms with Gasteiger partial charge in [-0.1, -0.05) is 18.2 Å². The van der Waals surface area contributed by atoms with E-state index in [4.69, 9.17) is 9.47 Å². The van der Waals surface area contributed by atoms with Crippen molar-refractivity contribution in [3.63, 3.8) is 0 Å². The molecule has 144 valence electrons. The largest absolute Gasteiger partial charge is 0.493 e. The van der Waals surface area contributed by atoms with Crippen molar-refractivity contribution in [1.29, 1.82) is 0 Å². The molecule has 1 aromatic heterocycles. The quantitative estimate of drug-likeness (QED) is 0.703. The number of ether oxygens (including phenoxy) is 2. The van der Waals surface area contributed by atoms with Gasteiger partial charge in [-0.2, -0.15) is 0 Å². The SMILES string of the molecule is COc1cc2c(cc1OC)CN(C(=O)c1cc(=O)n(C)c3ccccc13)CC2. The number of aromatic nitrogens is 1. The molecule has 28 heavy (non-hydrogen) atoms. The number of fused-ring (bicyclic) bond motifs is 2. The van der Waals surface area contributed by atoms with E-state index >= 15 is 0 Å². The van der Waals surface area contributed by atoms with Crippen LogP contribution in [0.25, 0.3) is 10.9 Å². The molecule has 0 saturated carbocycles. The van der Waals surface area contributed by atoms with Gasteiger partial charge in [0.2, 0.25) is 0 Å². The fourth-order valence-electron chi connectivity index (χ4n) is 3.81. The lowest BCUT2D eigenvalue weighted by atomic mass is 9.97. The molecular formula is C22H22N2O4. The normalized spacial score (nSPS) is 13.3. The van der Waals surface area contributed by atoms with Gasteiger partial charge < -0.3 is 18.9 Å². The maximum Gasteiger partial charge on any atom is 0.255 e. The number of hydrogen-bond donors (Lipinski definition) is 0. The molecule has 1 aliphatic rings. The van der Waals surface area contributed by atoms with Crippen LogP contribution in [0.1, 0.15) is 21.5 Å². The summed E-state index contributed by atoms with van der Waals surface area (Å²) in [5.74, 6) is 1.21. The molecule has 6 nitrogen and oxygen atoms in total. The number of pyridine rings is 1. The van der Waals surface area contributed by atoms with Crippen LogP contribution in [0.3, 0.4) is 0 Å². The third kappa shape index (κ3) is 2.91. The minimum Gasteiger partial charge on any atom is -0.493 e. The molecule has 0 saturated heterocycles. The molecule has 1 amide bonds. The molecule has 0 N–H and O–H groups in total. The first-order valence-corrected chi connectivity index (χ1v) is 9.15. The lowest BCUT2D eigenvalue weighted by Gasteiger charge is -2.30. The predicted molar refractivity (Wildman–Crippen MR) is 107 cm³/mol. The van der Waals surface area contributed by atoms with E-state index in [0.29, 0.717) is 30.2 Å². The maximum absolute atomic E-state index is 13.3. The van der Waals surface area contributed by atoms with Crippen LogP contribution in [0.5, 0.6) is 11.5 Å². The number of carbonyl (C=O) groups excluding carboxylic acids is 1. The fourth-order valence-corrected chi connectivity index (χ4v) is 3.81. The molecule has 0 aliphatic carbocycles. The summed E-state index contributed by atoms with van der Waals surface area (Å²) in [5, 5.41) is 0.785. The highest BCUT2D eigenvalue weighted by Gasteiger charge is 2.25. The van der Waals surface area contributed by atoms with Crippen LogP contribution in [-0.2, 0) is 20.0 Å².